The van der Waals surface area contributed by atoms with Crippen LogP contribution in [0.3, 0.4) is 0 Å². The maximum Gasteiger partial charge on any atom is 0.308 e. The molecule has 3 heteroatoms. The molecule has 0 spiro atoms. The maximum atomic E-state index is 11.3. The number of ether oxygens (including phenoxy) is 2. The molecule has 0 radical (unpaired) electrons. The largest absolute Gasteiger partial charge is 0.497 e. The zero-order chi connectivity index (χ0) is 15.4. The minimum atomic E-state index is -0.323. The van der Waals surface area contributed by atoms with Crippen LogP contribution in [0.25, 0.3) is 11.1 Å². The van der Waals surface area contributed by atoms with Crippen LogP contribution in [0.4, 0.5) is 0 Å². The molecule has 0 aliphatic carbocycles. The van der Waals surface area contributed by atoms with Crippen LogP contribution >= 0.6 is 0 Å². The highest BCUT2D eigenvalue weighted by molar-refractivity contribution is 5.77. The van der Waals surface area contributed by atoms with E-state index in [1.165, 1.54) is 12.5 Å². The Balaban J connectivity index is 2.55. The second-order valence-electron chi connectivity index (χ2n) is 5.24. The number of carbonyl (C=O) groups is 1. The van der Waals surface area contributed by atoms with Crippen LogP contribution in [-0.2, 0) is 4.79 Å². The Labute approximate surface area is 125 Å². The minimum Gasteiger partial charge on any atom is -0.497 e. The van der Waals surface area contributed by atoms with Crippen LogP contribution in [0.15, 0.2) is 42.5 Å². The van der Waals surface area contributed by atoms with Gasteiger partial charge in [0.1, 0.15) is 11.5 Å². The Morgan fingerprint density at radius 2 is 1.86 bits per heavy atom. The van der Waals surface area contributed by atoms with E-state index in [-0.39, 0.29) is 5.97 Å². The molecule has 0 atom stereocenters. The summed E-state index contributed by atoms with van der Waals surface area (Å²) in [5, 5.41) is 0. The van der Waals surface area contributed by atoms with E-state index in [2.05, 4.69) is 19.9 Å². The zero-order valence-corrected chi connectivity index (χ0v) is 12.8. The molecule has 2 aromatic rings. The number of carbonyl (C=O) groups excluding carboxylic acids is 1. The van der Waals surface area contributed by atoms with Gasteiger partial charge in [0.05, 0.1) is 7.11 Å². The van der Waals surface area contributed by atoms with Gasteiger partial charge in [-0.2, -0.15) is 0 Å². The number of benzene rings is 2. The maximum absolute atomic E-state index is 11.3. The van der Waals surface area contributed by atoms with Gasteiger partial charge >= 0.3 is 5.97 Å². The number of methoxy groups -OCH3 is 1. The third kappa shape index (κ3) is 3.63. The van der Waals surface area contributed by atoms with Crippen molar-refractivity contribution in [3.8, 4) is 22.6 Å². The Kier molecular flexibility index (Phi) is 4.63. The molecule has 2 aromatic carbocycles. The summed E-state index contributed by atoms with van der Waals surface area (Å²) in [6.45, 7) is 5.68. The number of hydrogen-bond donors (Lipinski definition) is 0. The van der Waals surface area contributed by atoms with E-state index < -0.39 is 0 Å². The molecule has 0 N–H and O–H groups in total. The van der Waals surface area contributed by atoms with Crippen molar-refractivity contribution in [3.63, 3.8) is 0 Å². The fourth-order valence-electron chi connectivity index (χ4n) is 2.17. The molecule has 0 saturated carbocycles. The van der Waals surface area contributed by atoms with Crippen LogP contribution in [0.1, 0.15) is 32.3 Å². The fraction of sp³-hybridized carbons (Fsp3) is 0.278. The van der Waals surface area contributed by atoms with Crippen LogP contribution in [0, 0.1) is 0 Å². The summed E-state index contributed by atoms with van der Waals surface area (Å²) in [7, 11) is 1.64. The minimum absolute atomic E-state index is 0.323. The normalized spacial score (nSPS) is 10.5. The summed E-state index contributed by atoms with van der Waals surface area (Å²) in [5.74, 6) is 1.42. The number of rotatable bonds is 4. The molecular weight excluding hydrogens is 264 g/mol. The van der Waals surface area contributed by atoms with Crippen molar-refractivity contribution in [1.29, 1.82) is 0 Å². The molecule has 0 bridgehead atoms. The summed E-state index contributed by atoms with van der Waals surface area (Å²) in [5.41, 5.74) is 3.06. The van der Waals surface area contributed by atoms with Crippen LogP contribution < -0.4 is 9.47 Å². The highest BCUT2D eigenvalue weighted by Gasteiger charge is 2.12. The Bertz CT molecular complexity index is 645. The van der Waals surface area contributed by atoms with Crippen LogP contribution in [0.2, 0.25) is 0 Å². The molecule has 0 heterocycles. The molecule has 0 aliphatic heterocycles. The molecule has 0 fully saturated rings. The first-order chi connectivity index (χ1) is 10.0. The molecule has 0 unspecified atom stereocenters. The van der Waals surface area contributed by atoms with Gasteiger partial charge in [-0.15, -0.1) is 0 Å². The average Bonchev–Trinajstić information content (AvgIpc) is 2.47. The second-order valence-corrected chi connectivity index (χ2v) is 5.24. The van der Waals surface area contributed by atoms with Gasteiger partial charge in [-0.05, 0) is 41.3 Å². The molecular formula is C18H20O3. The van der Waals surface area contributed by atoms with Gasteiger partial charge < -0.3 is 9.47 Å². The molecule has 3 nitrogen and oxygen atoms in total. The van der Waals surface area contributed by atoms with Gasteiger partial charge in [-0.25, -0.2) is 0 Å². The van der Waals surface area contributed by atoms with E-state index in [0.29, 0.717) is 11.7 Å². The molecule has 21 heavy (non-hydrogen) atoms. The summed E-state index contributed by atoms with van der Waals surface area (Å²) in [4.78, 5) is 11.3. The summed E-state index contributed by atoms with van der Waals surface area (Å²) in [6, 6.07) is 13.6. The fourth-order valence-corrected chi connectivity index (χ4v) is 2.17. The van der Waals surface area contributed by atoms with Crippen molar-refractivity contribution >= 4 is 5.97 Å². The molecule has 110 valence electrons. The lowest BCUT2D eigenvalue weighted by Gasteiger charge is -2.14. The predicted molar refractivity (Wildman–Crippen MR) is 83.8 cm³/mol. The van der Waals surface area contributed by atoms with Gasteiger partial charge in [-0.1, -0.05) is 32.0 Å². The first kappa shape index (κ1) is 15.1. The second kappa shape index (κ2) is 6.44. The van der Waals surface area contributed by atoms with E-state index in [9.17, 15) is 4.79 Å². The highest BCUT2D eigenvalue weighted by Crippen LogP contribution is 2.34. The standard InChI is InChI=1S/C18H20O3/c1-12(2)14-8-9-18(21-13(3)19)17(11-14)15-6-5-7-16(10-15)20-4/h5-12H,1-4H3. The van der Waals surface area contributed by atoms with E-state index in [4.69, 9.17) is 9.47 Å². The third-order valence-corrected chi connectivity index (χ3v) is 3.30. The zero-order valence-electron chi connectivity index (χ0n) is 12.8. The van der Waals surface area contributed by atoms with Crippen molar-refractivity contribution in [2.45, 2.75) is 26.7 Å². The van der Waals surface area contributed by atoms with Crippen molar-refractivity contribution in [3.05, 3.63) is 48.0 Å². The quantitative estimate of drug-likeness (QED) is 0.616. The van der Waals surface area contributed by atoms with E-state index in [1.807, 2.05) is 36.4 Å². The lowest BCUT2D eigenvalue weighted by molar-refractivity contribution is -0.131. The molecule has 2 rings (SSSR count). The molecule has 0 aromatic heterocycles. The molecule has 0 saturated heterocycles. The lowest BCUT2D eigenvalue weighted by Crippen LogP contribution is -2.03. The highest BCUT2D eigenvalue weighted by atomic mass is 16.5. The molecule has 0 aliphatic rings. The van der Waals surface area contributed by atoms with Crippen LogP contribution in [-0.4, -0.2) is 13.1 Å². The van der Waals surface area contributed by atoms with Crippen molar-refractivity contribution in [2.24, 2.45) is 0 Å². The SMILES string of the molecule is COc1cccc(-c2cc(C(C)C)ccc2OC(C)=O)c1. The summed E-state index contributed by atoms with van der Waals surface area (Å²) in [6.07, 6.45) is 0. The first-order valence-corrected chi connectivity index (χ1v) is 6.98. The Morgan fingerprint density at radius 3 is 2.48 bits per heavy atom. The van der Waals surface area contributed by atoms with Gasteiger partial charge in [0.25, 0.3) is 0 Å². The van der Waals surface area contributed by atoms with Gasteiger partial charge in [0.15, 0.2) is 0 Å². The van der Waals surface area contributed by atoms with Crippen LogP contribution in [0.5, 0.6) is 11.5 Å². The smallest absolute Gasteiger partial charge is 0.308 e. The first-order valence-electron chi connectivity index (χ1n) is 6.98. The number of esters is 1. The Morgan fingerprint density at radius 1 is 1.10 bits per heavy atom. The number of hydrogen-bond acceptors (Lipinski definition) is 3. The van der Waals surface area contributed by atoms with E-state index >= 15 is 0 Å². The van der Waals surface area contributed by atoms with Gasteiger partial charge in [-0.3, -0.25) is 4.79 Å². The topological polar surface area (TPSA) is 35.5 Å². The summed E-state index contributed by atoms with van der Waals surface area (Å²) < 4.78 is 10.6. The van der Waals surface area contributed by atoms with Gasteiger partial charge in [0, 0.05) is 12.5 Å². The average molecular weight is 284 g/mol. The lowest BCUT2D eigenvalue weighted by atomic mass is 9.96. The van der Waals surface area contributed by atoms with Crippen molar-refractivity contribution in [2.75, 3.05) is 7.11 Å². The van der Waals surface area contributed by atoms with Crippen molar-refractivity contribution < 1.29 is 14.3 Å². The summed E-state index contributed by atoms with van der Waals surface area (Å²) >= 11 is 0. The van der Waals surface area contributed by atoms with E-state index in [1.54, 1.807) is 7.11 Å². The van der Waals surface area contributed by atoms with E-state index in [0.717, 1.165) is 16.9 Å². The third-order valence-electron chi connectivity index (χ3n) is 3.30. The monoisotopic (exact) mass is 284 g/mol. The van der Waals surface area contributed by atoms with Crippen molar-refractivity contribution in [1.82, 2.24) is 0 Å². The predicted octanol–water partition coefficient (Wildman–Crippen LogP) is 4.41. The Hall–Kier alpha value is -2.29. The molecule has 0 amide bonds. The van der Waals surface area contributed by atoms with Gasteiger partial charge in [0.2, 0.25) is 0 Å².